The zero-order valence-corrected chi connectivity index (χ0v) is 7.93. The van der Waals surface area contributed by atoms with Gasteiger partial charge in [0.05, 0.1) is 12.7 Å². The second-order valence-electron chi connectivity index (χ2n) is 2.74. The number of rotatable bonds is 4. The maximum absolute atomic E-state index is 10.5. The first-order chi connectivity index (χ1) is 6.81. The summed E-state index contributed by atoms with van der Waals surface area (Å²) in [7, 11) is 0. The largest absolute Gasteiger partial charge is 0.494 e. The number of nitriles is 1. The maximum Gasteiger partial charge on any atom is 0.141 e. The van der Waals surface area contributed by atoms with Crippen molar-refractivity contribution >= 4 is 6.29 Å². The van der Waals surface area contributed by atoms with Crippen molar-refractivity contribution in [2.45, 2.75) is 12.8 Å². The second kappa shape index (κ2) is 5.03. The lowest BCUT2D eigenvalue weighted by atomic mass is 10.0. The molecule has 0 aliphatic rings. The summed E-state index contributed by atoms with van der Waals surface area (Å²) in [6, 6.07) is 8.88. The first-order valence-electron chi connectivity index (χ1n) is 4.39. The minimum absolute atomic E-state index is 0.606. The smallest absolute Gasteiger partial charge is 0.141 e. The normalized spacial score (nSPS) is 11.4. The highest BCUT2D eigenvalue weighted by Gasteiger charge is 2.07. The van der Waals surface area contributed by atoms with Crippen LogP contribution in [0.15, 0.2) is 24.3 Å². The van der Waals surface area contributed by atoms with Crippen LogP contribution in [-0.2, 0) is 4.79 Å². The Hall–Kier alpha value is -1.82. The summed E-state index contributed by atoms with van der Waals surface area (Å²) in [4.78, 5) is 10.5. The lowest BCUT2D eigenvalue weighted by molar-refractivity contribution is -0.108. The number of carbonyl (C=O) groups excluding carboxylic acids is 1. The van der Waals surface area contributed by atoms with Gasteiger partial charge in [-0.3, -0.25) is 0 Å². The SMILES string of the molecule is CCOc1ccc([C@H](C#N)C=O)cc1. The van der Waals surface area contributed by atoms with Crippen molar-refractivity contribution in [1.82, 2.24) is 0 Å². The van der Waals surface area contributed by atoms with E-state index >= 15 is 0 Å². The summed E-state index contributed by atoms with van der Waals surface area (Å²) in [5.74, 6) is 0.0736. The predicted molar refractivity (Wildman–Crippen MR) is 52.0 cm³/mol. The Morgan fingerprint density at radius 2 is 2.14 bits per heavy atom. The van der Waals surface area contributed by atoms with Crippen molar-refractivity contribution < 1.29 is 9.53 Å². The van der Waals surface area contributed by atoms with Crippen LogP contribution in [0.3, 0.4) is 0 Å². The molecule has 0 N–H and O–H groups in total. The molecule has 1 atom stereocenters. The van der Waals surface area contributed by atoms with Gasteiger partial charge in [-0.1, -0.05) is 12.1 Å². The van der Waals surface area contributed by atoms with Gasteiger partial charge < -0.3 is 9.53 Å². The monoisotopic (exact) mass is 189 g/mol. The van der Waals surface area contributed by atoms with Crippen molar-refractivity contribution in [3.63, 3.8) is 0 Å². The summed E-state index contributed by atoms with van der Waals surface area (Å²) < 4.78 is 5.24. The lowest BCUT2D eigenvalue weighted by Crippen LogP contribution is -1.97. The van der Waals surface area contributed by atoms with E-state index in [0.29, 0.717) is 18.5 Å². The van der Waals surface area contributed by atoms with Crippen LogP contribution < -0.4 is 4.74 Å². The number of nitrogens with zero attached hydrogens (tertiary/aromatic N) is 1. The third kappa shape index (κ3) is 2.33. The summed E-state index contributed by atoms with van der Waals surface area (Å²) in [6.45, 7) is 2.51. The van der Waals surface area contributed by atoms with Crippen molar-refractivity contribution in [3.8, 4) is 11.8 Å². The summed E-state index contributed by atoms with van der Waals surface area (Å²) >= 11 is 0. The van der Waals surface area contributed by atoms with Gasteiger partial charge in [-0.25, -0.2) is 0 Å². The fourth-order valence-electron chi connectivity index (χ4n) is 1.12. The van der Waals surface area contributed by atoms with Crippen LogP contribution in [0, 0.1) is 11.3 Å². The molecular weight excluding hydrogens is 178 g/mol. The van der Waals surface area contributed by atoms with Crippen molar-refractivity contribution in [2.75, 3.05) is 6.61 Å². The molecule has 0 aliphatic carbocycles. The molecule has 0 unspecified atom stereocenters. The van der Waals surface area contributed by atoms with E-state index in [0.717, 1.165) is 5.75 Å². The molecule has 3 heteroatoms. The Morgan fingerprint density at radius 3 is 2.57 bits per heavy atom. The van der Waals surface area contributed by atoms with Crippen LogP contribution in [0.2, 0.25) is 0 Å². The van der Waals surface area contributed by atoms with E-state index in [-0.39, 0.29) is 0 Å². The van der Waals surface area contributed by atoms with Gasteiger partial charge in [0.1, 0.15) is 18.0 Å². The van der Waals surface area contributed by atoms with Gasteiger partial charge >= 0.3 is 0 Å². The summed E-state index contributed by atoms with van der Waals surface area (Å²) in [6.07, 6.45) is 0.635. The molecule has 14 heavy (non-hydrogen) atoms. The van der Waals surface area contributed by atoms with Gasteiger partial charge in [-0.15, -0.1) is 0 Å². The average molecular weight is 189 g/mol. The summed E-state index contributed by atoms with van der Waals surface area (Å²) in [5, 5.41) is 8.64. The van der Waals surface area contributed by atoms with Gasteiger partial charge in [0, 0.05) is 0 Å². The van der Waals surface area contributed by atoms with Crippen molar-refractivity contribution in [2.24, 2.45) is 0 Å². The molecule has 0 aliphatic heterocycles. The first kappa shape index (κ1) is 10.3. The predicted octanol–water partition coefficient (Wildman–Crippen LogP) is 1.89. The molecular formula is C11H11NO2. The van der Waals surface area contributed by atoms with E-state index in [9.17, 15) is 4.79 Å². The number of aldehydes is 1. The Bertz CT molecular complexity index is 337. The Balaban J connectivity index is 2.83. The van der Waals surface area contributed by atoms with Crippen molar-refractivity contribution in [3.05, 3.63) is 29.8 Å². The number of benzene rings is 1. The number of carbonyl (C=O) groups is 1. The van der Waals surface area contributed by atoms with Gasteiger partial charge in [0.2, 0.25) is 0 Å². The molecule has 0 radical (unpaired) electrons. The van der Waals surface area contributed by atoms with Gasteiger partial charge in [0.15, 0.2) is 0 Å². The van der Waals surface area contributed by atoms with Crippen LogP contribution in [0.4, 0.5) is 0 Å². The maximum atomic E-state index is 10.5. The highest BCUT2D eigenvalue weighted by Crippen LogP contribution is 2.17. The van der Waals surface area contributed by atoms with E-state index in [1.165, 1.54) is 0 Å². The molecule has 3 nitrogen and oxygen atoms in total. The third-order valence-electron chi connectivity index (χ3n) is 1.83. The minimum Gasteiger partial charge on any atom is -0.494 e. The highest BCUT2D eigenvalue weighted by atomic mass is 16.5. The minimum atomic E-state index is -0.675. The van der Waals surface area contributed by atoms with Crippen LogP contribution in [-0.4, -0.2) is 12.9 Å². The zero-order valence-electron chi connectivity index (χ0n) is 7.93. The Labute approximate surface area is 82.9 Å². The van der Waals surface area contributed by atoms with Crippen LogP contribution in [0.1, 0.15) is 18.4 Å². The molecule has 1 aromatic rings. The molecule has 0 saturated heterocycles. The quantitative estimate of drug-likeness (QED) is 0.679. The fraction of sp³-hybridized carbons (Fsp3) is 0.273. The number of hydrogen-bond acceptors (Lipinski definition) is 3. The fourth-order valence-corrected chi connectivity index (χ4v) is 1.12. The molecule has 0 saturated carbocycles. The molecule has 1 aromatic carbocycles. The lowest BCUT2D eigenvalue weighted by Gasteiger charge is -2.04. The van der Waals surface area contributed by atoms with Crippen molar-refractivity contribution in [1.29, 1.82) is 5.26 Å². The molecule has 0 amide bonds. The molecule has 0 fully saturated rings. The van der Waals surface area contributed by atoms with E-state index in [4.69, 9.17) is 10.00 Å². The topological polar surface area (TPSA) is 50.1 Å². The Morgan fingerprint density at radius 1 is 1.50 bits per heavy atom. The van der Waals surface area contributed by atoms with Gasteiger partial charge in [0.25, 0.3) is 0 Å². The summed E-state index contributed by atoms with van der Waals surface area (Å²) in [5.41, 5.74) is 0.700. The van der Waals surface area contributed by atoms with E-state index < -0.39 is 5.92 Å². The van der Waals surface area contributed by atoms with E-state index in [1.54, 1.807) is 24.3 Å². The van der Waals surface area contributed by atoms with Gasteiger partial charge in [-0.05, 0) is 24.6 Å². The molecule has 0 aromatic heterocycles. The third-order valence-corrected chi connectivity index (χ3v) is 1.83. The molecule has 0 spiro atoms. The van der Waals surface area contributed by atoms with Gasteiger partial charge in [-0.2, -0.15) is 5.26 Å². The van der Waals surface area contributed by atoms with Crippen LogP contribution in [0.25, 0.3) is 0 Å². The standard InChI is InChI=1S/C11H11NO2/c1-2-14-11-5-3-9(4-6-11)10(7-12)8-13/h3-6,8,10H,2H2,1H3/t10-/m1/s1. The Kier molecular flexibility index (Phi) is 3.69. The molecule has 0 bridgehead atoms. The van der Waals surface area contributed by atoms with Crippen LogP contribution in [0.5, 0.6) is 5.75 Å². The average Bonchev–Trinajstić information content (AvgIpc) is 2.23. The second-order valence-corrected chi connectivity index (χ2v) is 2.74. The molecule has 1 rings (SSSR count). The number of ether oxygens (including phenoxy) is 1. The number of hydrogen-bond donors (Lipinski definition) is 0. The molecule has 72 valence electrons. The van der Waals surface area contributed by atoms with E-state index in [2.05, 4.69) is 0 Å². The van der Waals surface area contributed by atoms with Crippen LogP contribution >= 0.6 is 0 Å². The zero-order chi connectivity index (χ0) is 10.4. The first-order valence-corrected chi connectivity index (χ1v) is 4.39. The molecule has 0 heterocycles. The van der Waals surface area contributed by atoms with E-state index in [1.807, 2.05) is 13.0 Å². The highest BCUT2D eigenvalue weighted by molar-refractivity contribution is 5.66.